The van der Waals surface area contributed by atoms with E-state index in [1.54, 1.807) is 30.2 Å². The van der Waals surface area contributed by atoms with Gasteiger partial charge >= 0.3 is 0 Å². The summed E-state index contributed by atoms with van der Waals surface area (Å²) >= 11 is 0. The number of carbonyl (C=O) groups is 1. The van der Waals surface area contributed by atoms with Crippen molar-refractivity contribution in [1.82, 2.24) is 0 Å². The van der Waals surface area contributed by atoms with Gasteiger partial charge < -0.3 is 9.64 Å². The van der Waals surface area contributed by atoms with E-state index in [9.17, 15) is 9.18 Å². The summed E-state index contributed by atoms with van der Waals surface area (Å²) in [6.07, 6.45) is 0.759. The smallest absolute Gasteiger partial charge is 0.258 e. The second-order valence-corrected chi connectivity index (χ2v) is 5.16. The van der Waals surface area contributed by atoms with Crippen LogP contribution in [0.1, 0.15) is 21.5 Å². The number of anilines is 1. The van der Waals surface area contributed by atoms with E-state index in [1.165, 1.54) is 12.1 Å². The molecule has 0 fully saturated rings. The molecule has 3 nitrogen and oxygen atoms in total. The lowest BCUT2D eigenvalue weighted by Crippen LogP contribution is -2.38. The summed E-state index contributed by atoms with van der Waals surface area (Å²) in [5.41, 5.74) is 3.21. The van der Waals surface area contributed by atoms with Crippen molar-refractivity contribution in [1.29, 1.82) is 0 Å². The molecule has 1 heterocycles. The minimum absolute atomic E-state index is 0.0476. The topological polar surface area (TPSA) is 29.5 Å². The zero-order valence-electron chi connectivity index (χ0n) is 12.0. The maximum Gasteiger partial charge on any atom is 0.258 e. The quantitative estimate of drug-likeness (QED) is 0.847. The summed E-state index contributed by atoms with van der Waals surface area (Å²) < 4.78 is 18.4. The Balaban J connectivity index is 1.99. The van der Waals surface area contributed by atoms with E-state index in [-0.39, 0.29) is 11.7 Å². The third-order valence-corrected chi connectivity index (χ3v) is 3.84. The normalized spacial score (nSPS) is 14.0. The molecule has 0 spiro atoms. The van der Waals surface area contributed by atoms with Crippen LogP contribution in [0.25, 0.3) is 0 Å². The Morgan fingerprint density at radius 1 is 1.19 bits per heavy atom. The molecule has 0 aliphatic carbocycles. The van der Waals surface area contributed by atoms with Gasteiger partial charge in [0.05, 0.1) is 7.11 Å². The van der Waals surface area contributed by atoms with Crippen molar-refractivity contribution < 1.29 is 13.9 Å². The number of ether oxygens (including phenoxy) is 1. The van der Waals surface area contributed by atoms with Gasteiger partial charge in [0, 0.05) is 17.8 Å². The molecule has 0 radical (unpaired) electrons. The SMILES string of the molecule is COc1ccc2c(c1)CCN(c1ccc(F)cc1C)C2=O. The number of amides is 1. The second-order valence-electron chi connectivity index (χ2n) is 5.16. The van der Waals surface area contributed by atoms with Gasteiger partial charge in [0.15, 0.2) is 0 Å². The van der Waals surface area contributed by atoms with Crippen molar-refractivity contribution in [3.05, 3.63) is 58.9 Å². The van der Waals surface area contributed by atoms with Crippen molar-refractivity contribution in [3.8, 4) is 5.75 Å². The van der Waals surface area contributed by atoms with Crippen LogP contribution in [0.2, 0.25) is 0 Å². The lowest BCUT2D eigenvalue weighted by Gasteiger charge is -2.30. The third-order valence-electron chi connectivity index (χ3n) is 3.84. The molecule has 4 heteroatoms. The van der Waals surface area contributed by atoms with Gasteiger partial charge in [-0.1, -0.05) is 0 Å². The predicted molar refractivity (Wildman–Crippen MR) is 79.5 cm³/mol. The summed E-state index contributed by atoms with van der Waals surface area (Å²) in [6.45, 7) is 2.40. The summed E-state index contributed by atoms with van der Waals surface area (Å²) in [5, 5.41) is 0. The molecule has 0 atom stereocenters. The summed E-state index contributed by atoms with van der Waals surface area (Å²) in [6, 6.07) is 9.99. The van der Waals surface area contributed by atoms with Crippen molar-refractivity contribution in [2.24, 2.45) is 0 Å². The molecule has 0 aromatic heterocycles. The number of hydrogen-bond donors (Lipinski definition) is 0. The van der Waals surface area contributed by atoms with Crippen molar-refractivity contribution >= 4 is 11.6 Å². The van der Waals surface area contributed by atoms with Gasteiger partial charge in [-0.05, 0) is 60.9 Å². The Morgan fingerprint density at radius 3 is 2.71 bits per heavy atom. The van der Waals surface area contributed by atoms with Gasteiger partial charge in [0.1, 0.15) is 11.6 Å². The molecule has 1 aliphatic rings. The number of nitrogens with zero attached hydrogens (tertiary/aromatic N) is 1. The molecular formula is C17H16FNO2. The minimum Gasteiger partial charge on any atom is -0.497 e. The molecule has 0 bridgehead atoms. The minimum atomic E-state index is -0.286. The molecule has 2 aromatic rings. The maximum absolute atomic E-state index is 13.2. The van der Waals surface area contributed by atoms with E-state index < -0.39 is 0 Å². The van der Waals surface area contributed by atoms with Crippen molar-refractivity contribution in [3.63, 3.8) is 0 Å². The van der Waals surface area contributed by atoms with Crippen LogP contribution in [0.3, 0.4) is 0 Å². The van der Waals surface area contributed by atoms with Crippen LogP contribution in [0, 0.1) is 12.7 Å². The lowest BCUT2D eigenvalue weighted by atomic mass is 9.97. The van der Waals surface area contributed by atoms with Crippen molar-refractivity contribution in [2.45, 2.75) is 13.3 Å². The van der Waals surface area contributed by atoms with E-state index in [0.717, 1.165) is 29.0 Å². The molecule has 0 N–H and O–H groups in total. The van der Waals surface area contributed by atoms with Crippen molar-refractivity contribution in [2.75, 3.05) is 18.6 Å². The summed E-state index contributed by atoms with van der Waals surface area (Å²) in [4.78, 5) is 14.4. The van der Waals surface area contributed by atoms with Gasteiger partial charge in [0.2, 0.25) is 0 Å². The van der Waals surface area contributed by atoms with Crippen LogP contribution in [0.4, 0.5) is 10.1 Å². The van der Waals surface area contributed by atoms with Gasteiger partial charge in [0.25, 0.3) is 5.91 Å². The average Bonchev–Trinajstić information content (AvgIpc) is 2.48. The van der Waals surface area contributed by atoms with E-state index >= 15 is 0 Å². The van der Waals surface area contributed by atoms with Crippen LogP contribution in [-0.2, 0) is 6.42 Å². The van der Waals surface area contributed by atoms with Crippen LogP contribution in [0.15, 0.2) is 36.4 Å². The number of aryl methyl sites for hydroxylation is 1. The molecule has 0 unspecified atom stereocenters. The lowest BCUT2D eigenvalue weighted by molar-refractivity contribution is 0.0980. The molecule has 0 saturated heterocycles. The van der Waals surface area contributed by atoms with E-state index in [0.29, 0.717) is 12.1 Å². The first-order valence-electron chi connectivity index (χ1n) is 6.85. The average molecular weight is 285 g/mol. The molecular weight excluding hydrogens is 269 g/mol. The fourth-order valence-electron chi connectivity index (χ4n) is 2.74. The molecule has 1 amide bonds. The van der Waals surface area contributed by atoms with E-state index in [4.69, 9.17) is 4.74 Å². The highest BCUT2D eigenvalue weighted by Crippen LogP contribution is 2.29. The fraction of sp³-hybridized carbons (Fsp3) is 0.235. The van der Waals surface area contributed by atoms with Gasteiger partial charge in [-0.15, -0.1) is 0 Å². The number of benzene rings is 2. The summed E-state index contributed by atoms with van der Waals surface area (Å²) in [5.74, 6) is 0.424. The second kappa shape index (κ2) is 5.20. The van der Waals surface area contributed by atoms with E-state index in [1.807, 2.05) is 13.0 Å². The van der Waals surface area contributed by atoms with Crippen LogP contribution in [0.5, 0.6) is 5.75 Å². The number of rotatable bonds is 2. The number of methoxy groups -OCH3 is 1. The number of carbonyl (C=O) groups excluding carboxylic acids is 1. The number of hydrogen-bond acceptors (Lipinski definition) is 2. The predicted octanol–water partition coefficient (Wildman–Crippen LogP) is 3.35. The first-order chi connectivity index (χ1) is 10.1. The zero-order valence-corrected chi connectivity index (χ0v) is 12.0. The highest BCUT2D eigenvalue weighted by Gasteiger charge is 2.26. The molecule has 0 saturated carbocycles. The zero-order chi connectivity index (χ0) is 15.0. The summed E-state index contributed by atoms with van der Waals surface area (Å²) in [7, 11) is 1.61. The molecule has 21 heavy (non-hydrogen) atoms. The molecule has 2 aromatic carbocycles. The standard InChI is InChI=1S/C17H16FNO2/c1-11-9-13(18)3-6-16(11)19-8-7-12-10-14(21-2)4-5-15(12)17(19)20/h3-6,9-10H,7-8H2,1-2H3. The number of halogens is 1. The first-order valence-corrected chi connectivity index (χ1v) is 6.85. The fourth-order valence-corrected chi connectivity index (χ4v) is 2.74. The molecule has 1 aliphatic heterocycles. The third kappa shape index (κ3) is 2.37. The monoisotopic (exact) mass is 285 g/mol. The Kier molecular flexibility index (Phi) is 3.37. The Bertz CT molecular complexity index is 712. The van der Waals surface area contributed by atoms with E-state index in [2.05, 4.69) is 0 Å². The largest absolute Gasteiger partial charge is 0.497 e. The maximum atomic E-state index is 13.2. The van der Waals surface area contributed by atoms with Crippen LogP contribution in [-0.4, -0.2) is 19.6 Å². The first kappa shape index (κ1) is 13.6. The molecule has 108 valence electrons. The Morgan fingerprint density at radius 2 is 2.00 bits per heavy atom. The highest BCUT2D eigenvalue weighted by molar-refractivity contribution is 6.08. The Hall–Kier alpha value is -2.36. The van der Waals surface area contributed by atoms with Crippen LogP contribution < -0.4 is 9.64 Å². The van der Waals surface area contributed by atoms with Gasteiger partial charge in [-0.25, -0.2) is 4.39 Å². The highest BCUT2D eigenvalue weighted by atomic mass is 19.1. The number of fused-ring (bicyclic) bond motifs is 1. The van der Waals surface area contributed by atoms with Gasteiger partial charge in [-0.3, -0.25) is 4.79 Å². The molecule has 3 rings (SSSR count). The Labute approximate surface area is 123 Å². The van der Waals surface area contributed by atoms with Crippen LogP contribution >= 0.6 is 0 Å². The van der Waals surface area contributed by atoms with Gasteiger partial charge in [-0.2, -0.15) is 0 Å².